The molecule has 3 rings (SSSR count). The van der Waals surface area contributed by atoms with E-state index in [-0.39, 0.29) is 12.0 Å². The van der Waals surface area contributed by atoms with Gasteiger partial charge >= 0.3 is 0 Å². The summed E-state index contributed by atoms with van der Waals surface area (Å²) in [7, 11) is 0. The molecule has 0 spiro atoms. The molecule has 116 valence electrons. The van der Waals surface area contributed by atoms with Gasteiger partial charge in [0, 0.05) is 18.5 Å². The van der Waals surface area contributed by atoms with Gasteiger partial charge < -0.3 is 10.1 Å². The van der Waals surface area contributed by atoms with Crippen LogP contribution in [-0.2, 0) is 22.6 Å². The lowest BCUT2D eigenvalue weighted by Gasteiger charge is -2.25. The van der Waals surface area contributed by atoms with Crippen molar-refractivity contribution >= 4 is 17.2 Å². The van der Waals surface area contributed by atoms with Crippen LogP contribution in [0.4, 0.5) is 0 Å². The standard InChI is InChI=1S/C15H23N3O2S/c19-15(13-5-4-8-20-13)16-9-14-17-12(11-21-14)10-18-6-2-1-3-7-18/h11,13H,1-10H2,(H,16,19). The Hall–Kier alpha value is -0.980. The van der Waals surface area contributed by atoms with Crippen LogP contribution in [-0.4, -0.2) is 41.6 Å². The second-order valence-corrected chi connectivity index (χ2v) is 6.73. The number of likely N-dealkylation sites (tertiary alicyclic amines) is 1. The molecule has 2 saturated heterocycles. The molecule has 0 saturated carbocycles. The molecule has 1 aromatic heterocycles. The number of amides is 1. The van der Waals surface area contributed by atoms with Crippen LogP contribution in [0.25, 0.3) is 0 Å². The molecule has 3 heterocycles. The van der Waals surface area contributed by atoms with Gasteiger partial charge in [-0.05, 0) is 38.8 Å². The van der Waals surface area contributed by atoms with Gasteiger partial charge in [-0.25, -0.2) is 4.98 Å². The van der Waals surface area contributed by atoms with Crippen molar-refractivity contribution in [1.29, 1.82) is 0 Å². The van der Waals surface area contributed by atoms with Gasteiger partial charge in [-0.1, -0.05) is 6.42 Å². The van der Waals surface area contributed by atoms with Crippen LogP contribution in [0.1, 0.15) is 42.8 Å². The molecule has 0 radical (unpaired) electrons. The van der Waals surface area contributed by atoms with Crippen LogP contribution in [0.3, 0.4) is 0 Å². The van der Waals surface area contributed by atoms with Gasteiger partial charge in [0.1, 0.15) is 11.1 Å². The second kappa shape index (κ2) is 7.33. The first-order valence-corrected chi connectivity index (χ1v) is 8.74. The highest BCUT2D eigenvalue weighted by molar-refractivity contribution is 7.09. The number of nitrogens with one attached hydrogen (secondary N) is 1. The minimum absolute atomic E-state index is 0.000260. The van der Waals surface area contributed by atoms with Gasteiger partial charge in [0.25, 0.3) is 0 Å². The predicted molar refractivity (Wildman–Crippen MR) is 82.1 cm³/mol. The van der Waals surface area contributed by atoms with Crippen LogP contribution in [0.15, 0.2) is 5.38 Å². The Kier molecular flexibility index (Phi) is 5.22. The third-order valence-corrected chi connectivity index (χ3v) is 4.97. The quantitative estimate of drug-likeness (QED) is 0.903. The number of thiazole rings is 1. The van der Waals surface area contributed by atoms with Gasteiger partial charge in [0.05, 0.1) is 12.2 Å². The minimum atomic E-state index is -0.252. The van der Waals surface area contributed by atoms with Gasteiger partial charge in [-0.15, -0.1) is 11.3 Å². The summed E-state index contributed by atoms with van der Waals surface area (Å²) in [6.45, 7) is 4.53. The largest absolute Gasteiger partial charge is 0.368 e. The van der Waals surface area contributed by atoms with E-state index in [1.165, 1.54) is 32.4 Å². The normalized spacial score (nSPS) is 23.3. The lowest BCUT2D eigenvalue weighted by molar-refractivity contribution is -0.130. The fourth-order valence-corrected chi connectivity index (χ4v) is 3.64. The molecule has 5 nitrogen and oxygen atoms in total. The first-order chi connectivity index (χ1) is 10.3. The monoisotopic (exact) mass is 309 g/mol. The van der Waals surface area contributed by atoms with Crippen molar-refractivity contribution < 1.29 is 9.53 Å². The lowest BCUT2D eigenvalue weighted by Crippen LogP contribution is -2.33. The molecule has 21 heavy (non-hydrogen) atoms. The number of carbonyl (C=O) groups is 1. The first kappa shape index (κ1) is 14.9. The molecule has 2 aliphatic rings. The van der Waals surface area contributed by atoms with E-state index in [0.29, 0.717) is 13.2 Å². The number of piperidine rings is 1. The van der Waals surface area contributed by atoms with Crippen molar-refractivity contribution in [2.24, 2.45) is 0 Å². The number of hydrogen-bond donors (Lipinski definition) is 1. The first-order valence-electron chi connectivity index (χ1n) is 7.86. The summed E-state index contributed by atoms with van der Waals surface area (Å²) in [5, 5.41) is 6.02. The molecule has 1 atom stereocenters. The zero-order chi connectivity index (χ0) is 14.5. The Morgan fingerprint density at radius 3 is 3.00 bits per heavy atom. The summed E-state index contributed by atoms with van der Waals surface area (Å²) in [5.41, 5.74) is 1.13. The molecule has 0 aliphatic carbocycles. The number of rotatable bonds is 5. The fraction of sp³-hybridized carbons (Fsp3) is 0.733. The van der Waals surface area contributed by atoms with Crippen LogP contribution >= 0.6 is 11.3 Å². The summed E-state index contributed by atoms with van der Waals surface area (Å²) in [5.74, 6) is 0.000260. The zero-order valence-electron chi connectivity index (χ0n) is 12.3. The molecule has 1 amide bonds. The maximum Gasteiger partial charge on any atom is 0.249 e. The highest BCUT2D eigenvalue weighted by Gasteiger charge is 2.23. The van der Waals surface area contributed by atoms with E-state index in [0.717, 1.165) is 30.1 Å². The van der Waals surface area contributed by atoms with E-state index >= 15 is 0 Å². The zero-order valence-corrected chi connectivity index (χ0v) is 13.2. The number of nitrogens with zero attached hydrogens (tertiary/aromatic N) is 2. The van der Waals surface area contributed by atoms with Crippen molar-refractivity contribution in [2.45, 2.75) is 51.3 Å². The van der Waals surface area contributed by atoms with Crippen LogP contribution in [0.5, 0.6) is 0 Å². The smallest absolute Gasteiger partial charge is 0.249 e. The Morgan fingerprint density at radius 1 is 1.38 bits per heavy atom. The van der Waals surface area contributed by atoms with E-state index in [1.807, 2.05) is 0 Å². The van der Waals surface area contributed by atoms with Crippen molar-refractivity contribution in [2.75, 3.05) is 19.7 Å². The van der Waals surface area contributed by atoms with Crippen molar-refractivity contribution in [3.8, 4) is 0 Å². The molecular formula is C15H23N3O2S. The molecule has 1 aromatic rings. The SMILES string of the molecule is O=C(NCc1nc(CN2CCCCC2)cs1)C1CCCO1. The van der Waals surface area contributed by atoms with Crippen LogP contribution in [0, 0.1) is 0 Å². The maximum atomic E-state index is 11.9. The van der Waals surface area contributed by atoms with Gasteiger partial charge in [0.15, 0.2) is 0 Å². The average molecular weight is 309 g/mol. The van der Waals surface area contributed by atoms with E-state index in [4.69, 9.17) is 4.74 Å². The molecule has 0 bridgehead atoms. The molecule has 6 heteroatoms. The lowest BCUT2D eigenvalue weighted by atomic mass is 10.1. The summed E-state index contributed by atoms with van der Waals surface area (Å²) < 4.78 is 5.37. The summed E-state index contributed by atoms with van der Waals surface area (Å²) >= 11 is 1.63. The Labute approximate surface area is 129 Å². The van der Waals surface area contributed by atoms with Crippen LogP contribution < -0.4 is 5.32 Å². The van der Waals surface area contributed by atoms with Crippen molar-refractivity contribution in [3.63, 3.8) is 0 Å². The Morgan fingerprint density at radius 2 is 2.24 bits per heavy atom. The van der Waals surface area contributed by atoms with Crippen molar-refractivity contribution in [1.82, 2.24) is 15.2 Å². The predicted octanol–water partition coefficient (Wildman–Crippen LogP) is 1.92. The fourth-order valence-electron chi connectivity index (χ4n) is 2.91. The molecule has 0 aromatic carbocycles. The topological polar surface area (TPSA) is 54.5 Å². The third kappa shape index (κ3) is 4.25. The van der Waals surface area contributed by atoms with Gasteiger partial charge in [-0.3, -0.25) is 9.69 Å². The number of carbonyl (C=O) groups excluding carboxylic acids is 1. The highest BCUT2D eigenvalue weighted by atomic mass is 32.1. The molecule has 1 N–H and O–H groups in total. The maximum absolute atomic E-state index is 11.9. The average Bonchev–Trinajstić information content (AvgIpc) is 3.17. The van der Waals surface area contributed by atoms with E-state index in [2.05, 4.69) is 20.6 Å². The summed E-state index contributed by atoms with van der Waals surface area (Å²) in [6, 6.07) is 0. The third-order valence-electron chi connectivity index (χ3n) is 4.07. The van der Waals surface area contributed by atoms with E-state index < -0.39 is 0 Å². The molecular weight excluding hydrogens is 286 g/mol. The molecule has 2 fully saturated rings. The van der Waals surface area contributed by atoms with E-state index in [9.17, 15) is 4.79 Å². The summed E-state index contributed by atoms with van der Waals surface area (Å²) in [6.07, 6.45) is 5.52. The van der Waals surface area contributed by atoms with E-state index in [1.54, 1.807) is 11.3 Å². The van der Waals surface area contributed by atoms with Gasteiger partial charge in [-0.2, -0.15) is 0 Å². The van der Waals surface area contributed by atoms with Crippen molar-refractivity contribution in [3.05, 3.63) is 16.1 Å². The number of aromatic nitrogens is 1. The van der Waals surface area contributed by atoms with Crippen LogP contribution in [0.2, 0.25) is 0 Å². The second-order valence-electron chi connectivity index (χ2n) is 5.79. The summed E-state index contributed by atoms with van der Waals surface area (Å²) in [4.78, 5) is 19.0. The number of hydrogen-bond acceptors (Lipinski definition) is 5. The van der Waals surface area contributed by atoms with Gasteiger partial charge in [0.2, 0.25) is 5.91 Å². The molecule has 1 unspecified atom stereocenters. The molecule has 2 aliphatic heterocycles. The Bertz CT molecular complexity index is 465. The minimum Gasteiger partial charge on any atom is -0.368 e. The Balaban J connectivity index is 1.44. The number of ether oxygens (including phenoxy) is 1. The highest BCUT2D eigenvalue weighted by Crippen LogP contribution is 2.16.